The lowest BCUT2D eigenvalue weighted by Crippen LogP contribution is -2.39. The predicted octanol–water partition coefficient (Wildman–Crippen LogP) is 2.98. The molecule has 1 fully saturated rings. The Bertz CT molecular complexity index is 577. The van der Waals surface area contributed by atoms with Gasteiger partial charge in [0.05, 0.1) is 0 Å². The number of hydrogen-bond donors (Lipinski definition) is 0. The summed E-state index contributed by atoms with van der Waals surface area (Å²) >= 11 is 1.51. The molecule has 0 N–H and O–H groups in total. The molecule has 22 heavy (non-hydrogen) atoms. The highest BCUT2D eigenvalue weighted by atomic mass is 32.1. The molecule has 0 spiro atoms. The zero-order chi connectivity index (χ0) is 15.4. The number of aryl methyl sites for hydroxylation is 1. The second-order valence-electron chi connectivity index (χ2n) is 5.78. The van der Waals surface area contributed by atoms with Crippen molar-refractivity contribution >= 4 is 22.5 Å². The van der Waals surface area contributed by atoms with Crippen LogP contribution < -0.4 is 9.80 Å². The minimum atomic E-state index is 0.726. The highest BCUT2D eigenvalue weighted by molar-refractivity contribution is 7.09. The van der Waals surface area contributed by atoms with E-state index >= 15 is 0 Å². The van der Waals surface area contributed by atoms with Gasteiger partial charge in [-0.15, -0.1) is 0 Å². The van der Waals surface area contributed by atoms with Crippen LogP contribution in [-0.4, -0.2) is 40.5 Å². The molecule has 0 unspecified atom stereocenters. The van der Waals surface area contributed by atoms with Crippen molar-refractivity contribution in [1.82, 2.24) is 14.3 Å². The third-order valence-corrected chi connectivity index (χ3v) is 5.10. The lowest BCUT2D eigenvalue weighted by Gasteiger charge is -2.35. The number of hydrogen-bond acceptors (Lipinski definition) is 6. The van der Waals surface area contributed by atoms with E-state index in [1.807, 2.05) is 19.2 Å². The second-order valence-corrected chi connectivity index (χ2v) is 6.51. The molecule has 1 aliphatic rings. The number of piperidine rings is 1. The Balaban J connectivity index is 1.55. The summed E-state index contributed by atoms with van der Waals surface area (Å²) in [5, 5.41) is 1.06. The van der Waals surface area contributed by atoms with Crippen molar-refractivity contribution in [2.45, 2.75) is 26.7 Å². The Morgan fingerprint density at radius 3 is 2.73 bits per heavy atom. The third-order valence-electron chi connectivity index (χ3n) is 4.24. The van der Waals surface area contributed by atoms with Crippen molar-refractivity contribution in [3.8, 4) is 0 Å². The lowest BCUT2D eigenvalue weighted by molar-refractivity contribution is 0.403. The summed E-state index contributed by atoms with van der Waals surface area (Å²) in [6.45, 7) is 8.41. The van der Waals surface area contributed by atoms with E-state index in [1.165, 1.54) is 24.4 Å². The monoisotopic (exact) mass is 317 g/mol. The van der Waals surface area contributed by atoms with E-state index in [2.05, 4.69) is 43.2 Å². The predicted molar refractivity (Wildman–Crippen MR) is 91.7 cm³/mol. The molecule has 6 heteroatoms. The summed E-state index contributed by atoms with van der Waals surface area (Å²) in [5.41, 5.74) is 0. The van der Waals surface area contributed by atoms with Crippen LogP contribution >= 0.6 is 11.5 Å². The van der Waals surface area contributed by atoms with Gasteiger partial charge in [0, 0.05) is 43.9 Å². The Kier molecular flexibility index (Phi) is 4.87. The van der Waals surface area contributed by atoms with Crippen LogP contribution in [0.5, 0.6) is 0 Å². The maximum absolute atomic E-state index is 4.52. The van der Waals surface area contributed by atoms with Gasteiger partial charge in [0.15, 0.2) is 0 Å². The molecular weight excluding hydrogens is 294 g/mol. The van der Waals surface area contributed by atoms with Crippen LogP contribution in [-0.2, 0) is 0 Å². The molecule has 118 valence electrons. The Labute approximate surface area is 136 Å². The molecule has 0 atom stereocenters. The van der Waals surface area contributed by atoms with Gasteiger partial charge in [-0.2, -0.15) is 4.37 Å². The van der Waals surface area contributed by atoms with E-state index in [1.54, 1.807) is 0 Å². The van der Waals surface area contributed by atoms with Gasteiger partial charge < -0.3 is 9.80 Å². The van der Waals surface area contributed by atoms with Crippen LogP contribution in [0.1, 0.15) is 25.6 Å². The summed E-state index contributed by atoms with van der Waals surface area (Å²) in [5.74, 6) is 2.71. The summed E-state index contributed by atoms with van der Waals surface area (Å²) < 4.78 is 4.30. The normalized spacial score (nSPS) is 16.0. The highest BCUT2D eigenvalue weighted by Gasteiger charge is 2.22. The Hall–Kier alpha value is -1.69. The van der Waals surface area contributed by atoms with Crippen molar-refractivity contribution in [3.05, 3.63) is 30.2 Å². The molecule has 3 heterocycles. The van der Waals surface area contributed by atoms with Gasteiger partial charge >= 0.3 is 0 Å². The zero-order valence-electron chi connectivity index (χ0n) is 13.3. The standard InChI is InChI=1S/C16H23N5S/c1-3-20(16-18-13(2)19-22-16)12-14-7-10-21(11-8-14)15-6-4-5-9-17-15/h4-6,9,14H,3,7-8,10-12H2,1-2H3. The van der Waals surface area contributed by atoms with Crippen LogP contribution in [0.4, 0.5) is 10.9 Å². The molecule has 0 aliphatic carbocycles. The fourth-order valence-electron chi connectivity index (χ4n) is 2.95. The largest absolute Gasteiger partial charge is 0.357 e. The van der Waals surface area contributed by atoms with Gasteiger partial charge in [0.25, 0.3) is 0 Å². The van der Waals surface area contributed by atoms with Crippen LogP contribution in [0, 0.1) is 12.8 Å². The van der Waals surface area contributed by atoms with Gasteiger partial charge in [0.1, 0.15) is 11.6 Å². The number of anilines is 2. The summed E-state index contributed by atoms with van der Waals surface area (Å²) in [6.07, 6.45) is 4.30. The summed E-state index contributed by atoms with van der Waals surface area (Å²) in [4.78, 5) is 13.7. The summed E-state index contributed by atoms with van der Waals surface area (Å²) in [7, 11) is 0. The minimum absolute atomic E-state index is 0.726. The average Bonchev–Trinajstić information content (AvgIpc) is 3.00. The van der Waals surface area contributed by atoms with E-state index in [4.69, 9.17) is 0 Å². The van der Waals surface area contributed by atoms with E-state index in [0.717, 1.165) is 48.9 Å². The van der Waals surface area contributed by atoms with Gasteiger partial charge in [-0.25, -0.2) is 9.97 Å². The van der Waals surface area contributed by atoms with E-state index in [-0.39, 0.29) is 0 Å². The molecule has 5 nitrogen and oxygen atoms in total. The van der Waals surface area contributed by atoms with Gasteiger partial charge in [-0.05, 0) is 44.7 Å². The molecule has 0 bridgehead atoms. The molecule has 1 aliphatic heterocycles. The van der Waals surface area contributed by atoms with Gasteiger partial charge in [-0.1, -0.05) is 6.07 Å². The van der Waals surface area contributed by atoms with Crippen molar-refractivity contribution in [3.63, 3.8) is 0 Å². The maximum atomic E-state index is 4.52. The molecule has 0 aromatic carbocycles. The van der Waals surface area contributed by atoms with Crippen molar-refractivity contribution in [2.24, 2.45) is 5.92 Å². The van der Waals surface area contributed by atoms with Gasteiger partial charge in [0.2, 0.25) is 5.13 Å². The fourth-order valence-corrected chi connectivity index (χ4v) is 3.70. The summed E-state index contributed by atoms with van der Waals surface area (Å²) in [6, 6.07) is 6.13. The molecule has 0 radical (unpaired) electrons. The molecule has 2 aromatic heterocycles. The minimum Gasteiger partial charge on any atom is -0.357 e. The first kappa shape index (κ1) is 15.2. The first-order valence-electron chi connectivity index (χ1n) is 7.97. The molecule has 2 aromatic rings. The topological polar surface area (TPSA) is 45.2 Å². The van der Waals surface area contributed by atoms with Crippen molar-refractivity contribution in [1.29, 1.82) is 0 Å². The lowest BCUT2D eigenvalue weighted by atomic mass is 9.96. The Morgan fingerprint density at radius 2 is 2.14 bits per heavy atom. The van der Waals surface area contributed by atoms with Gasteiger partial charge in [-0.3, -0.25) is 0 Å². The Morgan fingerprint density at radius 1 is 1.32 bits per heavy atom. The van der Waals surface area contributed by atoms with Crippen LogP contribution in [0.25, 0.3) is 0 Å². The quantitative estimate of drug-likeness (QED) is 0.848. The number of aromatic nitrogens is 3. The fraction of sp³-hybridized carbons (Fsp3) is 0.562. The highest BCUT2D eigenvalue weighted by Crippen LogP contribution is 2.25. The third kappa shape index (κ3) is 3.55. The first-order valence-corrected chi connectivity index (χ1v) is 8.75. The van der Waals surface area contributed by atoms with Crippen molar-refractivity contribution < 1.29 is 0 Å². The van der Waals surface area contributed by atoms with Crippen LogP contribution in [0.15, 0.2) is 24.4 Å². The van der Waals surface area contributed by atoms with E-state index in [9.17, 15) is 0 Å². The maximum Gasteiger partial charge on any atom is 0.205 e. The number of rotatable bonds is 5. The van der Waals surface area contributed by atoms with E-state index in [0.29, 0.717) is 0 Å². The molecule has 1 saturated heterocycles. The second kappa shape index (κ2) is 7.05. The van der Waals surface area contributed by atoms with Crippen LogP contribution in [0.2, 0.25) is 0 Å². The molecule has 0 amide bonds. The molecular formula is C16H23N5S. The van der Waals surface area contributed by atoms with Crippen LogP contribution in [0.3, 0.4) is 0 Å². The first-order chi connectivity index (χ1) is 10.8. The zero-order valence-corrected chi connectivity index (χ0v) is 14.1. The number of pyridine rings is 1. The average molecular weight is 317 g/mol. The number of nitrogens with zero attached hydrogens (tertiary/aromatic N) is 5. The van der Waals surface area contributed by atoms with Crippen molar-refractivity contribution in [2.75, 3.05) is 36.0 Å². The van der Waals surface area contributed by atoms with E-state index < -0.39 is 0 Å². The smallest absolute Gasteiger partial charge is 0.205 e. The molecule has 3 rings (SSSR count). The molecule has 0 saturated carbocycles. The SMILES string of the molecule is CCN(CC1CCN(c2ccccn2)CC1)c1nc(C)ns1.